The summed E-state index contributed by atoms with van der Waals surface area (Å²) in [7, 11) is 0. The molecule has 1 aliphatic rings. The van der Waals surface area contributed by atoms with Crippen LogP contribution in [0.2, 0.25) is 0 Å². The summed E-state index contributed by atoms with van der Waals surface area (Å²) in [4.78, 5) is 9.54. The summed E-state index contributed by atoms with van der Waals surface area (Å²) >= 11 is 0. The normalized spacial score (nSPS) is 12.7. The van der Waals surface area contributed by atoms with Crippen LogP contribution in [0.15, 0.2) is 182 Å². The number of halogens is 2. The van der Waals surface area contributed by atoms with Crippen molar-refractivity contribution >= 4 is 44.6 Å². The molecule has 0 fully saturated rings. The second-order valence-corrected chi connectivity index (χ2v) is 20.9. The Morgan fingerprint density at radius 3 is 1.83 bits per heavy atom. The molecule has 11 rings (SSSR count). The Labute approximate surface area is 421 Å². The Bertz CT molecular complexity index is 3670. The van der Waals surface area contributed by atoms with E-state index in [2.05, 4.69) is 215 Å². The number of hydrogen-bond acceptors (Lipinski definition) is 4. The van der Waals surface area contributed by atoms with Gasteiger partial charge in [-0.2, -0.15) is 0 Å². The zero-order valence-electron chi connectivity index (χ0n) is 42.1. The van der Waals surface area contributed by atoms with Gasteiger partial charge >= 0.3 is 0 Å². The van der Waals surface area contributed by atoms with Gasteiger partial charge in [0.1, 0.15) is 35.6 Å². The lowest BCUT2D eigenvalue weighted by Gasteiger charge is -2.28. The van der Waals surface area contributed by atoms with E-state index in [-0.39, 0.29) is 5.41 Å². The zero-order valence-corrected chi connectivity index (χ0v) is 42.1. The maximum atomic E-state index is 15.3. The quantitative estimate of drug-likeness (QED) is 0.137. The molecule has 10 aromatic rings. The number of anilines is 4. The molecule has 72 heavy (non-hydrogen) atoms. The first kappa shape index (κ1) is 46.4. The van der Waals surface area contributed by atoms with Crippen LogP contribution in [-0.4, -0.2) is 16.2 Å². The SMILES string of the molecule is Cc1ccccc1-c1cc(Oc2ccc3c4ccccc4n(-c4cc(C(C)(C)C)ccn4)c3c2)cc(N2CN(c3c(-c4cc(F)cc(F)c4)cccc3-c3cc(C(C)C)cc(C(C)C)c3)c3ccccc32)c1. The standard InChI is InChI=1S/C65H58F2N4O/c1-40(2)43-28-44(41(3)4)30-45(29-43)55-19-15-20-56(46-31-49(66)36-50(67)32-46)64(55)70-39-69(60-22-13-14-23-61(60)70)51-33-47(54-17-10-9-16-42(54)5)34-53(37-51)72-52-24-25-58-57-18-11-12-21-59(57)71(62(58)38-52)63-35-48(26-27-68-63)65(6,7)8/h9-38,40-41H,39H2,1-8H3. The minimum atomic E-state index is -0.624. The Morgan fingerprint density at radius 1 is 0.528 bits per heavy atom. The van der Waals surface area contributed by atoms with E-state index in [1.165, 1.54) is 28.8 Å². The molecular formula is C65H58F2N4O. The first-order valence-corrected chi connectivity index (χ1v) is 25.0. The van der Waals surface area contributed by atoms with E-state index in [4.69, 9.17) is 9.72 Å². The third kappa shape index (κ3) is 8.57. The molecule has 7 heteroatoms. The smallest absolute Gasteiger partial charge is 0.137 e. The predicted octanol–water partition coefficient (Wildman–Crippen LogP) is 18.4. The highest BCUT2D eigenvalue weighted by Crippen LogP contribution is 2.52. The maximum Gasteiger partial charge on any atom is 0.137 e. The summed E-state index contributed by atoms with van der Waals surface area (Å²) in [6.07, 6.45) is 1.90. The van der Waals surface area contributed by atoms with Crippen LogP contribution in [0, 0.1) is 18.6 Å². The molecule has 358 valence electrons. The van der Waals surface area contributed by atoms with Gasteiger partial charge in [-0.05, 0) is 135 Å². The highest BCUT2D eigenvalue weighted by atomic mass is 19.1. The van der Waals surface area contributed by atoms with Gasteiger partial charge in [-0.1, -0.05) is 139 Å². The molecule has 0 amide bonds. The predicted molar refractivity (Wildman–Crippen MR) is 295 cm³/mol. The largest absolute Gasteiger partial charge is 0.457 e. The van der Waals surface area contributed by atoms with E-state index < -0.39 is 11.6 Å². The van der Waals surface area contributed by atoms with Crippen molar-refractivity contribution in [2.45, 2.75) is 72.6 Å². The third-order valence-electron chi connectivity index (χ3n) is 14.2. The Morgan fingerprint density at radius 2 is 1.14 bits per heavy atom. The minimum Gasteiger partial charge on any atom is -0.457 e. The number of hydrogen-bond donors (Lipinski definition) is 0. The summed E-state index contributed by atoms with van der Waals surface area (Å²) in [5.74, 6) is 1.57. The lowest BCUT2D eigenvalue weighted by molar-refractivity contribution is 0.483. The van der Waals surface area contributed by atoms with Crippen LogP contribution in [0.4, 0.5) is 31.5 Å². The van der Waals surface area contributed by atoms with Gasteiger partial charge in [-0.25, -0.2) is 13.8 Å². The number of fused-ring (bicyclic) bond motifs is 4. The maximum absolute atomic E-state index is 15.3. The molecule has 1 aliphatic heterocycles. The molecular weight excluding hydrogens is 891 g/mol. The van der Waals surface area contributed by atoms with Crippen LogP contribution in [0.5, 0.6) is 11.5 Å². The second-order valence-electron chi connectivity index (χ2n) is 20.9. The molecule has 5 nitrogen and oxygen atoms in total. The van der Waals surface area contributed by atoms with E-state index in [0.717, 1.165) is 89.8 Å². The third-order valence-corrected chi connectivity index (χ3v) is 14.2. The van der Waals surface area contributed by atoms with E-state index in [1.807, 2.05) is 18.3 Å². The molecule has 0 aliphatic carbocycles. The number of aryl methyl sites for hydroxylation is 1. The fourth-order valence-electron chi connectivity index (χ4n) is 10.4. The highest BCUT2D eigenvalue weighted by molar-refractivity contribution is 6.09. The topological polar surface area (TPSA) is 33.5 Å². The zero-order chi connectivity index (χ0) is 50.0. The summed E-state index contributed by atoms with van der Waals surface area (Å²) < 4.78 is 39.8. The monoisotopic (exact) mass is 948 g/mol. The van der Waals surface area contributed by atoms with Gasteiger partial charge < -0.3 is 14.5 Å². The minimum absolute atomic E-state index is 0.0548. The van der Waals surface area contributed by atoms with E-state index in [9.17, 15) is 0 Å². The Hall–Kier alpha value is -8.03. The molecule has 0 saturated carbocycles. The van der Waals surface area contributed by atoms with Gasteiger partial charge in [0.2, 0.25) is 0 Å². The van der Waals surface area contributed by atoms with Crippen molar-refractivity contribution in [1.82, 2.24) is 9.55 Å². The molecule has 0 unspecified atom stereocenters. The fraction of sp³-hybridized carbons (Fsp3) is 0.185. The molecule has 2 aromatic heterocycles. The molecule has 3 heterocycles. The van der Waals surface area contributed by atoms with Crippen LogP contribution < -0.4 is 14.5 Å². The molecule has 0 bridgehead atoms. The van der Waals surface area contributed by atoms with Gasteiger partial charge in [0, 0.05) is 52.0 Å². The number of ether oxygens (including phenoxy) is 1. The van der Waals surface area contributed by atoms with Crippen molar-refractivity contribution in [3.8, 4) is 50.7 Å². The van der Waals surface area contributed by atoms with Crippen molar-refractivity contribution in [2.24, 2.45) is 0 Å². The van der Waals surface area contributed by atoms with Crippen LogP contribution in [0.3, 0.4) is 0 Å². The number of rotatable bonds is 10. The summed E-state index contributed by atoms with van der Waals surface area (Å²) in [5.41, 5.74) is 15.9. The van der Waals surface area contributed by atoms with Crippen LogP contribution in [0.25, 0.3) is 61.0 Å². The lowest BCUT2D eigenvalue weighted by atomic mass is 9.88. The lowest BCUT2D eigenvalue weighted by Crippen LogP contribution is -2.25. The van der Waals surface area contributed by atoms with E-state index in [1.54, 1.807) is 0 Å². The van der Waals surface area contributed by atoms with Crippen molar-refractivity contribution in [1.29, 1.82) is 0 Å². The summed E-state index contributed by atoms with van der Waals surface area (Å²) in [5, 5.41) is 2.25. The molecule has 0 spiro atoms. The number of aromatic nitrogens is 2. The first-order chi connectivity index (χ1) is 34.7. The average molecular weight is 949 g/mol. The molecule has 0 saturated heterocycles. The van der Waals surface area contributed by atoms with Gasteiger partial charge in [-0.3, -0.25) is 4.57 Å². The summed E-state index contributed by atoms with van der Waals surface area (Å²) in [6.45, 7) is 18.1. The summed E-state index contributed by atoms with van der Waals surface area (Å²) in [6, 6.07) is 59.2. The molecule has 8 aromatic carbocycles. The Kier molecular flexibility index (Phi) is 11.8. The van der Waals surface area contributed by atoms with Crippen LogP contribution >= 0.6 is 0 Å². The number of nitrogens with zero attached hydrogens (tertiary/aromatic N) is 4. The molecule has 0 radical (unpaired) electrons. The van der Waals surface area contributed by atoms with E-state index in [0.29, 0.717) is 35.6 Å². The number of benzene rings is 8. The van der Waals surface area contributed by atoms with Crippen molar-refractivity contribution in [2.75, 3.05) is 16.5 Å². The van der Waals surface area contributed by atoms with E-state index >= 15 is 8.78 Å². The van der Waals surface area contributed by atoms with Gasteiger partial charge in [-0.15, -0.1) is 0 Å². The fourth-order valence-corrected chi connectivity index (χ4v) is 10.4. The average Bonchev–Trinajstić information content (AvgIpc) is 3.91. The van der Waals surface area contributed by atoms with Crippen LogP contribution in [-0.2, 0) is 5.41 Å². The van der Waals surface area contributed by atoms with Crippen LogP contribution in [0.1, 0.15) is 82.6 Å². The first-order valence-electron chi connectivity index (χ1n) is 25.0. The second kappa shape index (κ2) is 18.3. The van der Waals surface area contributed by atoms with Gasteiger partial charge in [0.05, 0.1) is 28.1 Å². The van der Waals surface area contributed by atoms with Crippen molar-refractivity contribution in [3.63, 3.8) is 0 Å². The number of pyridine rings is 1. The van der Waals surface area contributed by atoms with Gasteiger partial charge in [0.25, 0.3) is 0 Å². The molecule has 0 N–H and O–H groups in total. The van der Waals surface area contributed by atoms with Crippen molar-refractivity contribution in [3.05, 3.63) is 216 Å². The highest BCUT2D eigenvalue weighted by Gasteiger charge is 2.32. The Balaban J connectivity index is 1.07. The van der Waals surface area contributed by atoms with Crippen molar-refractivity contribution < 1.29 is 13.5 Å². The molecule has 0 atom stereocenters. The van der Waals surface area contributed by atoms with Gasteiger partial charge in [0.15, 0.2) is 0 Å². The number of para-hydroxylation sites is 4.